The van der Waals surface area contributed by atoms with Gasteiger partial charge in [-0.3, -0.25) is 23.5 Å². The molecule has 0 heterocycles. The van der Waals surface area contributed by atoms with Gasteiger partial charge in [0, 0.05) is 19.3 Å². The van der Waals surface area contributed by atoms with Crippen LogP contribution in [-0.2, 0) is 23.5 Å². The first-order valence-corrected chi connectivity index (χ1v) is 17.1. The Morgan fingerprint density at radius 1 is 0.762 bits per heavy atom. The predicted octanol–water partition coefficient (Wildman–Crippen LogP) is 5.41. The Morgan fingerprint density at radius 2 is 1.26 bits per heavy atom. The van der Waals surface area contributed by atoms with Crippen molar-refractivity contribution in [1.29, 1.82) is 0 Å². The molecule has 0 spiro atoms. The number of anilines is 1. The second-order valence-corrected chi connectivity index (χ2v) is 13.8. The molecule has 2 aromatic carbocycles. The van der Waals surface area contributed by atoms with Gasteiger partial charge in [-0.15, -0.1) is 0 Å². The zero-order valence-corrected chi connectivity index (χ0v) is 25.8. The average molecular weight is 628 g/mol. The Labute approximate surface area is 245 Å². The van der Waals surface area contributed by atoms with Gasteiger partial charge < -0.3 is 34.4 Å². The fourth-order valence-electron chi connectivity index (χ4n) is 4.66. The van der Waals surface area contributed by atoms with Crippen LogP contribution in [0.25, 0.3) is 0 Å². The molecule has 2 atom stereocenters. The van der Waals surface area contributed by atoms with Crippen molar-refractivity contribution >= 4 is 38.7 Å². The van der Waals surface area contributed by atoms with Crippen LogP contribution in [0.4, 0.5) is 5.69 Å². The van der Waals surface area contributed by atoms with Gasteiger partial charge in [0.2, 0.25) is 5.91 Å². The van der Waals surface area contributed by atoms with Crippen LogP contribution in [0.5, 0.6) is 11.5 Å². The Bertz CT molecular complexity index is 1310. The average Bonchev–Trinajstić information content (AvgIpc) is 2.91. The predicted molar refractivity (Wildman–Crippen MR) is 157 cm³/mol. The molecule has 0 aliphatic carbocycles. The number of ether oxygens (including phenoxy) is 2. The van der Waals surface area contributed by atoms with Crippen molar-refractivity contribution in [3.05, 3.63) is 53.6 Å². The van der Waals surface area contributed by atoms with E-state index in [9.17, 15) is 43.1 Å². The third-order valence-corrected chi connectivity index (χ3v) is 10.7. The lowest BCUT2D eigenvalue weighted by Crippen LogP contribution is -2.18. The molecule has 0 aliphatic heterocycles. The van der Waals surface area contributed by atoms with E-state index in [0.29, 0.717) is 12.2 Å². The van der Waals surface area contributed by atoms with Gasteiger partial charge in [-0.2, -0.15) is 0 Å². The Hall–Kier alpha value is -2.85. The number of hydrogen-bond donors (Lipinski definition) is 5. The van der Waals surface area contributed by atoms with E-state index in [1.54, 1.807) is 44.2 Å². The van der Waals surface area contributed by atoms with Crippen molar-refractivity contribution in [1.82, 2.24) is 0 Å². The van der Waals surface area contributed by atoms with Gasteiger partial charge in [0.05, 0.1) is 5.69 Å². The lowest BCUT2D eigenvalue weighted by Gasteiger charge is -2.27. The van der Waals surface area contributed by atoms with Gasteiger partial charge in [-0.1, -0.05) is 45.9 Å². The van der Waals surface area contributed by atoms with Gasteiger partial charge >= 0.3 is 27.1 Å². The maximum atomic E-state index is 12.8. The summed E-state index contributed by atoms with van der Waals surface area (Å²) < 4.78 is 33.8. The summed E-state index contributed by atoms with van der Waals surface area (Å²) in [6.45, 7) is 7.37. The number of benzene rings is 2. The van der Waals surface area contributed by atoms with Crippen molar-refractivity contribution < 1.29 is 52.6 Å². The Kier molecular flexibility index (Phi) is 13.1. The number of carbonyl (C=O) groups excluding carboxylic acids is 3. The highest BCUT2D eigenvalue weighted by molar-refractivity contribution is 7.70. The van der Waals surface area contributed by atoms with Crippen LogP contribution in [0.3, 0.4) is 0 Å². The second-order valence-electron chi connectivity index (χ2n) is 9.76. The van der Waals surface area contributed by atoms with Gasteiger partial charge in [0.15, 0.2) is 11.1 Å². The number of esters is 2. The molecule has 2 rings (SSSR count). The third-order valence-electron chi connectivity index (χ3n) is 6.82. The highest BCUT2D eigenvalue weighted by Crippen LogP contribution is 2.61. The molecular weight excluding hydrogens is 588 g/mol. The number of nitrogens with one attached hydrogen (secondary N) is 1. The van der Waals surface area contributed by atoms with Gasteiger partial charge in [-0.05, 0) is 66.5 Å². The van der Waals surface area contributed by atoms with Gasteiger partial charge in [0.1, 0.15) is 5.75 Å². The monoisotopic (exact) mass is 627 g/mol. The summed E-state index contributed by atoms with van der Waals surface area (Å²) in [5, 5.41) is 0.261. The molecule has 0 aliphatic rings. The molecule has 1 amide bonds. The van der Waals surface area contributed by atoms with E-state index >= 15 is 0 Å². The van der Waals surface area contributed by atoms with Crippen molar-refractivity contribution in [2.75, 3.05) is 5.32 Å². The van der Waals surface area contributed by atoms with Crippen molar-refractivity contribution in [3.63, 3.8) is 0 Å². The lowest BCUT2D eigenvalue weighted by atomic mass is 9.78. The fourth-order valence-corrected chi connectivity index (χ4v) is 7.16. The molecule has 0 saturated carbocycles. The molecule has 14 heteroatoms. The van der Waals surface area contributed by atoms with Crippen molar-refractivity contribution in [2.45, 2.75) is 83.5 Å². The Morgan fingerprint density at radius 3 is 1.76 bits per heavy atom. The third kappa shape index (κ3) is 10.2. The molecule has 0 saturated heterocycles. The van der Waals surface area contributed by atoms with Crippen LogP contribution < -0.4 is 14.8 Å². The number of carbonyl (C=O) groups is 3. The number of amides is 1. The Balaban J connectivity index is 2.38. The molecule has 0 bridgehead atoms. The SMILES string of the molecule is CCC(=O)Oc1ccc(C(CC)C(CC)c2ccc(OC(=O)CC)c(NC(=O)CCC(P(=O)(O)O)P(=O)(O)O)c2)cc1. The smallest absolute Gasteiger partial charge is 0.340 e. The molecular formula is C28H39NO11P2. The first-order chi connectivity index (χ1) is 19.6. The lowest BCUT2D eigenvalue weighted by molar-refractivity contribution is -0.134. The first kappa shape index (κ1) is 35.3. The zero-order valence-electron chi connectivity index (χ0n) is 24.1. The summed E-state index contributed by atoms with van der Waals surface area (Å²) in [5.74, 6) is -1.16. The van der Waals surface area contributed by atoms with E-state index < -0.39 is 45.3 Å². The highest BCUT2D eigenvalue weighted by Gasteiger charge is 2.43. The topological polar surface area (TPSA) is 197 Å². The summed E-state index contributed by atoms with van der Waals surface area (Å²) in [7, 11) is -10.4. The van der Waals surface area contributed by atoms with Crippen molar-refractivity contribution in [3.8, 4) is 11.5 Å². The molecule has 0 fully saturated rings. The summed E-state index contributed by atoms with van der Waals surface area (Å²) in [4.78, 5) is 73.9. The van der Waals surface area contributed by atoms with E-state index in [4.69, 9.17) is 9.47 Å². The summed E-state index contributed by atoms with van der Waals surface area (Å²) in [5.41, 5.74) is 1.97. The molecule has 0 radical (unpaired) electrons. The summed E-state index contributed by atoms with van der Waals surface area (Å²) >= 11 is 0. The number of hydrogen-bond acceptors (Lipinski definition) is 7. The molecule has 2 aromatic rings. The van der Waals surface area contributed by atoms with Crippen LogP contribution in [-0.4, -0.2) is 42.8 Å². The highest BCUT2D eigenvalue weighted by atomic mass is 31.2. The van der Waals surface area contributed by atoms with Crippen molar-refractivity contribution in [2.24, 2.45) is 0 Å². The largest absolute Gasteiger partial charge is 0.427 e. The van der Waals surface area contributed by atoms with E-state index in [-0.39, 0.29) is 42.1 Å². The minimum Gasteiger partial charge on any atom is -0.427 e. The van der Waals surface area contributed by atoms with Crippen LogP contribution in [0, 0.1) is 0 Å². The molecule has 12 nitrogen and oxygen atoms in total. The standard InChI is InChI=1S/C28H39NO11P2/c1-5-21(18-9-12-20(13-10-18)39-26(31)7-3)22(6-2)19-11-14-24(40-27(32)8-4)23(17-19)29-25(30)15-16-28(41(33,34)35)42(36,37)38/h9-14,17,21-22,28H,5-8,15-16H2,1-4H3,(H,29,30)(H2,33,34,35)(H2,36,37,38). The minimum absolute atomic E-state index is 0.0331. The van der Waals surface area contributed by atoms with Gasteiger partial charge in [-0.25, -0.2) is 0 Å². The zero-order chi connectivity index (χ0) is 31.7. The molecule has 232 valence electrons. The van der Waals surface area contributed by atoms with E-state index in [2.05, 4.69) is 5.32 Å². The maximum absolute atomic E-state index is 12.8. The first-order valence-electron chi connectivity index (χ1n) is 13.7. The van der Waals surface area contributed by atoms with E-state index in [1.165, 1.54) is 0 Å². The molecule has 5 N–H and O–H groups in total. The molecule has 0 aromatic heterocycles. The van der Waals surface area contributed by atoms with E-state index in [0.717, 1.165) is 17.5 Å². The summed E-state index contributed by atoms with van der Waals surface area (Å²) in [6, 6.07) is 12.3. The second kappa shape index (κ2) is 15.6. The maximum Gasteiger partial charge on any atom is 0.340 e. The minimum atomic E-state index is -5.19. The summed E-state index contributed by atoms with van der Waals surface area (Å²) in [6.07, 6.45) is 0.430. The number of rotatable bonds is 15. The van der Waals surface area contributed by atoms with Crippen LogP contribution >= 0.6 is 15.2 Å². The molecule has 2 unspecified atom stereocenters. The normalized spacial score (nSPS) is 13.4. The van der Waals surface area contributed by atoms with Crippen LogP contribution in [0.15, 0.2) is 42.5 Å². The quantitative estimate of drug-likeness (QED) is 0.0962. The van der Waals surface area contributed by atoms with E-state index in [1.807, 2.05) is 26.0 Å². The van der Waals surface area contributed by atoms with Crippen LogP contribution in [0.2, 0.25) is 0 Å². The molecule has 42 heavy (non-hydrogen) atoms. The van der Waals surface area contributed by atoms with Gasteiger partial charge in [0.25, 0.3) is 0 Å². The van der Waals surface area contributed by atoms with Crippen LogP contribution in [0.1, 0.15) is 89.2 Å². The fraction of sp³-hybridized carbons (Fsp3) is 0.464.